The predicted octanol–water partition coefficient (Wildman–Crippen LogP) is 6.66. The number of carbonyl (C=O) groups is 1. The molecular formula is C23H26F4O3Si. The Morgan fingerprint density at radius 2 is 1.55 bits per heavy atom. The Balaban J connectivity index is 1.50. The molecule has 0 unspecified atom stereocenters. The van der Waals surface area contributed by atoms with Crippen molar-refractivity contribution in [3.05, 3.63) is 59.7 Å². The van der Waals surface area contributed by atoms with Crippen molar-refractivity contribution in [2.45, 2.75) is 56.1 Å². The van der Waals surface area contributed by atoms with Gasteiger partial charge in [0.25, 0.3) is 0 Å². The lowest BCUT2D eigenvalue weighted by Gasteiger charge is -2.28. The zero-order valence-corrected chi connectivity index (χ0v) is 18.3. The van der Waals surface area contributed by atoms with Gasteiger partial charge in [0.1, 0.15) is 11.5 Å². The van der Waals surface area contributed by atoms with Gasteiger partial charge in [0.05, 0.1) is 12.2 Å². The number of hydrogen-bond donors (Lipinski definition) is 0. The van der Waals surface area contributed by atoms with E-state index in [0.29, 0.717) is 17.9 Å². The van der Waals surface area contributed by atoms with Crippen LogP contribution < -0.4 is 9.47 Å². The van der Waals surface area contributed by atoms with Crippen LogP contribution >= 0.6 is 0 Å². The summed E-state index contributed by atoms with van der Waals surface area (Å²) >= 11 is 0. The molecule has 2 aromatic rings. The Morgan fingerprint density at radius 1 is 0.935 bits per heavy atom. The number of alkyl halides is 4. The standard InChI is InChI=1S/C23H26F4O3Si/c24-13-1-2-14-31-15-11-18(12-16-31)17-3-5-19(6-4-17)22(28)29-20-7-9-21(10-8-20)30-23(25,26)27/h3-10,18,31H,1-2,11-16H2. The van der Waals surface area contributed by atoms with Gasteiger partial charge >= 0.3 is 12.3 Å². The lowest BCUT2D eigenvalue weighted by atomic mass is 9.93. The number of rotatable bonds is 8. The highest BCUT2D eigenvalue weighted by atomic mass is 28.3. The third-order valence-corrected chi connectivity index (χ3v) is 9.25. The van der Waals surface area contributed by atoms with Crippen LogP contribution in [0.1, 0.15) is 47.5 Å². The number of unbranched alkanes of at least 4 members (excludes halogenated alkanes) is 1. The fourth-order valence-electron chi connectivity index (χ4n) is 4.08. The zero-order valence-electron chi connectivity index (χ0n) is 17.2. The molecule has 1 aliphatic heterocycles. The van der Waals surface area contributed by atoms with Gasteiger partial charge < -0.3 is 9.47 Å². The molecule has 3 rings (SSSR count). The molecule has 0 atom stereocenters. The molecule has 8 heteroatoms. The summed E-state index contributed by atoms with van der Waals surface area (Å²) in [5.41, 5.74) is 1.59. The number of benzene rings is 2. The fourth-order valence-corrected chi connectivity index (χ4v) is 7.56. The van der Waals surface area contributed by atoms with Crippen LogP contribution in [0, 0.1) is 0 Å². The summed E-state index contributed by atoms with van der Waals surface area (Å²) in [7, 11) is -0.714. The largest absolute Gasteiger partial charge is 0.573 e. The first-order valence-electron chi connectivity index (χ1n) is 10.6. The maximum atomic E-state index is 12.3. The highest BCUT2D eigenvalue weighted by Gasteiger charge is 2.31. The van der Waals surface area contributed by atoms with Crippen molar-refractivity contribution in [2.75, 3.05) is 6.67 Å². The summed E-state index contributed by atoms with van der Waals surface area (Å²) < 4.78 is 57.9. The normalized spacial score (nSPS) is 19.1. The van der Waals surface area contributed by atoms with Crippen LogP contribution in [-0.4, -0.2) is 27.8 Å². The monoisotopic (exact) mass is 454 g/mol. The molecular weight excluding hydrogens is 428 g/mol. The second-order valence-electron chi connectivity index (χ2n) is 7.93. The van der Waals surface area contributed by atoms with E-state index in [1.54, 1.807) is 12.1 Å². The van der Waals surface area contributed by atoms with E-state index in [2.05, 4.69) is 4.74 Å². The van der Waals surface area contributed by atoms with E-state index in [1.807, 2.05) is 12.1 Å². The number of hydrogen-bond acceptors (Lipinski definition) is 3. The zero-order chi connectivity index (χ0) is 22.3. The topological polar surface area (TPSA) is 35.5 Å². The third kappa shape index (κ3) is 7.38. The predicted molar refractivity (Wildman–Crippen MR) is 113 cm³/mol. The van der Waals surface area contributed by atoms with Gasteiger partial charge in [-0.05, 0) is 67.1 Å². The first-order valence-corrected chi connectivity index (χ1v) is 13.0. The third-order valence-electron chi connectivity index (χ3n) is 5.73. The molecule has 0 spiro atoms. The van der Waals surface area contributed by atoms with Gasteiger partial charge in [-0.1, -0.05) is 36.7 Å². The number of halogens is 4. The van der Waals surface area contributed by atoms with Crippen LogP contribution in [0.15, 0.2) is 48.5 Å². The Labute approximate surface area is 181 Å². The molecule has 168 valence electrons. The molecule has 1 saturated heterocycles. The molecule has 0 N–H and O–H groups in total. The number of carbonyl (C=O) groups excluding carboxylic acids is 1. The maximum Gasteiger partial charge on any atom is 0.573 e. The van der Waals surface area contributed by atoms with Crippen molar-refractivity contribution in [3.63, 3.8) is 0 Å². The van der Waals surface area contributed by atoms with E-state index in [9.17, 15) is 22.4 Å². The number of esters is 1. The second kappa shape index (κ2) is 10.8. The lowest BCUT2D eigenvalue weighted by Crippen LogP contribution is -2.20. The summed E-state index contributed by atoms with van der Waals surface area (Å²) in [5, 5.41) is 0. The molecule has 3 nitrogen and oxygen atoms in total. The van der Waals surface area contributed by atoms with Crippen LogP contribution in [0.2, 0.25) is 18.1 Å². The molecule has 1 fully saturated rings. The Hall–Kier alpha value is -2.35. The molecule has 31 heavy (non-hydrogen) atoms. The Bertz CT molecular complexity index is 829. The Morgan fingerprint density at radius 3 is 2.13 bits per heavy atom. The molecule has 2 aromatic carbocycles. The van der Waals surface area contributed by atoms with Crippen molar-refractivity contribution in [2.24, 2.45) is 0 Å². The van der Waals surface area contributed by atoms with E-state index in [1.165, 1.54) is 35.8 Å². The van der Waals surface area contributed by atoms with Crippen molar-refractivity contribution in [1.82, 2.24) is 0 Å². The van der Waals surface area contributed by atoms with Gasteiger partial charge in [0, 0.05) is 8.80 Å². The SMILES string of the molecule is O=C(Oc1ccc(OC(F)(F)F)cc1)c1ccc(C2CC[SiH](CCCCF)CC2)cc1. The van der Waals surface area contributed by atoms with E-state index >= 15 is 0 Å². The Kier molecular flexibility index (Phi) is 8.12. The van der Waals surface area contributed by atoms with Crippen LogP contribution in [-0.2, 0) is 0 Å². The molecule has 0 aliphatic carbocycles. The molecule has 1 aliphatic rings. The minimum atomic E-state index is -4.77. The van der Waals surface area contributed by atoms with Crippen LogP contribution in [0.5, 0.6) is 11.5 Å². The van der Waals surface area contributed by atoms with Crippen molar-refractivity contribution >= 4 is 14.8 Å². The second-order valence-corrected chi connectivity index (χ2v) is 11.4. The minimum Gasteiger partial charge on any atom is -0.423 e. The van der Waals surface area contributed by atoms with Gasteiger partial charge in [-0.3, -0.25) is 4.39 Å². The highest BCUT2D eigenvalue weighted by Crippen LogP contribution is 2.35. The van der Waals surface area contributed by atoms with Crippen LogP contribution in [0.25, 0.3) is 0 Å². The van der Waals surface area contributed by atoms with E-state index in [-0.39, 0.29) is 18.2 Å². The van der Waals surface area contributed by atoms with Crippen molar-refractivity contribution in [3.8, 4) is 11.5 Å². The summed E-state index contributed by atoms with van der Waals surface area (Å²) in [6, 6.07) is 15.9. The highest BCUT2D eigenvalue weighted by molar-refractivity contribution is 6.59. The van der Waals surface area contributed by atoms with Crippen LogP contribution in [0.4, 0.5) is 17.6 Å². The average Bonchev–Trinajstić information content (AvgIpc) is 2.75. The van der Waals surface area contributed by atoms with Gasteiger partial charge in [-0.25, -0.2) is 4.79 Å². The maximum absolute atomic E-state index is 12.3. The number of ether oxygens (including phenoxy) is 2. The summed E-state index contributed by atoms with van der Waals surface area (Å²) in [5.74, 6) is -0.312. The van der Waals surface area contributed by atoms with Gasteiger partial charge in [0.2, 0.25) is 0 Å². The molecule has 0 bridgehead atoms. The summed E-state index contributed by atoms with van der Waals surface area (Å²) in [6.07, 6.45) is -0.745. The summed E-state index contributed by atoms with van der Waals surface area (Å²) in [4.78, 5) is 12.3. The molecule has 0 aromatic heterocycles. The first kappa shape index (κ1) is 23.3. The molecule has 1 heterocycles. The first-order chi connectivity index (χ1) is 14.8. The quantitative estimate of drug-likeness (QED) is 0.147. The van der Waals surface area contributed by atoms with Crippen molar-refractivity contribution in [1.29, 1.82) is 0 Å². The minimum absolute atomic E-state index is 0.139. The molecule has 0 saturated carbocycles. The van der Waals surface area contributed by atoms with Crippen LogP contribution in [0.3, 0.4) is 0 Å². The fraction of sp³-hybridized carbons (Fsp3) is 0.435. The van der Waals surface area contributed by atoms with E-state index < -0.39 is 21.1 Å². The van der Waals surface area contributed by atoms with Gasteiger partial charge in [-0.15, -0.1) is 13.2 Å². The average molecular weight is 455 g/mol. The lowest BCUT2D eigenvalue weighted by molar-refractivity contribution is -0.274. The smallest absolute Gasteiger partial charge is 0.423 e. The van der Waals surface area contributed by atoms with E-state index in [0.717, 1.165) is 31.4 Å². The van der Waals surface area contributed by atoms with Gasteiger partial charge in [0.15, 0.2) is 0 Å². The molecule has 0 radical (unpaired) electrons. The summed E-state index contributed by atoms with van der Waals surface area (Å²) in [6.45, 7) is -0.212. The van der Waals surface area contributed by atoms with Gasteiger partial charge in [-0.2, -0.15) is 0 Å². The van der Waals surface area contributed by atoms with E-state index in [4.69, 9.17) is 4.74 Å². The van der Waals surface area contributed by atoms with Crippen molar-refractivity contribution < 1.29 is 31.8 Å². The molecule has 0 amide bonds.